The monoisotopic (exact) mass is 295 g/mol. The summed E-state index contributed by atoms with van der Waals surface area (Å²) >= 11 is 0. The van der Waals surface area contributed by atoms with Crippen LogP contribution in [0.5, 0.6) is 6.01 Å². The molecule has 0 spiro atoms. The summed E-state index contributed by atoms with van der Waals surface area (Å²) in [7, 11) is 0. The van der Waals surface area contributed by atoms with Gasteiger partial charge in [0.15, 0.2) is 0 Å². The van der Waals surface area contributed by atoms with Crippen LogP contribution in [-0.2, 0) is 4.74 Å². The van der Waals surface area contributed by atoms with E-state index in [2.05, 4.69) is 39.4 Å². The molecular weight excluding hydrogens is 270 g/mol. The molecule has 1 saturated heterocycles. The predicted octanol–water partition coefficient (Wildman–Crippen LogP) is 2.07. The first-order chi connectivity index (χ1) is 10.3. The van der Waals surface area contributed by atoms with E-state index in [1.54, 1.807) is 0 Å². The minimum Gasteiger partial charge on any atom is -0.463 e. The van der Waals surface area contributed by atoms with E-state index in [4.69, 9.17) is 9.47 Å². The quantitative estimate of drug-likeness (QED) is 0.759. The first-order valence-electron chi connectivity index (χ1n) is 7.78. The summed E-state index contributed by atoms with van der Waals surface area (Å²) < 4.78 is 10.9. The Morgan fingerprint density at radius 2 is 1.86 bits per heavy atom. The van der Waals surface area contributed by atoms with Crippen molar-refractivity contribution in [1.29, 1.82) is 0 Å². The Kier molecular flexibility index (Phi) is 6.46. The van der Waals surface area contributed by atoms with Crippen LogP contribution in [0.2, 0.25) is 0 Å². The highest BCUT2D eigenvalue weighted by atomic mass is 16.5. The number of hydrogen-bond acceptors (Lipinski definition) is 7. The molecule has 0 amide bonds. The Morgan fingerprint density at radius 1 is 1.10 bits per heavy atom. The second-order valence-electron chi connectivity index (χ2n) is 5.07. The highest BCUT2D eigenvalue weighted by Crippen LogP contribution is 2.16. The number of anilines is 2. The van der Waals surface area contributed by atoms with E-state index in [0.29, 0.717) is 30.6 Å². The number of aromatic nitrogens is 3. The summed E-state index contributed by atoms with van der Waals surface area (Å²) in [6.07, 6.45) is 3.87. The van der Waals surface area contributed by atoms with Crippen LogP contribution in [0, 0.1) is 0 Å². The van der Waals surface area contributed by atoms with Crippen LogP contribution in [0.15, 0.2) is 0 Å². The summed E-state index contributed by atoms with van der Waals surface area (Å²) in [4.78, 5) is 13.0. The molecule has 0 atom stereocenters. The Bertz CT molecular complexity index is 398. The number of ether oxygens (including phenoxy) is 2. The van der Waals surface area contributed by atoms with Crippen LogP contribution in [0.25, 0.3) is 0 Å². The lowest BCUT2D eigenvalue weighted by Crippen LogP contribution is -2.29. The fourth-order valence-electron chi connectivity index (χ4n) is 2.02. The van der Waals surface area contributed by atoms with Gasteiger partial charge in [-0.05, 0) is 25.7 Å². The van der Waals surface area contributed by atoms with Gasteiger partial charge in [0, 0.05) is 25.8 Å². The van der Waals surface area contributed by atoms with Crippen molar-refractivity contribution < 1.29 is 9.47 Å². The minimum absolute atomic E-state index is 0.346. The zero-order chi connectivity index (χ0) is 14.9. The maximum absolute atomic E-state index is 5.54. The lowest BCUT2D eigenvalue weighted by atomic mass is 10.1. The molecule has 1 aliphatic heterocycles. The SMILES string of the molecule is CCCNc1nc(NC2CCOCC2)nc(OCCC)n1. The van der Waals surface area contributed by atoms with E-state index in [-0.39, 0.29) is 0 Å². The van der Waals surface area contributed by atoms with Gasteiger partial charge in [0.25, 0.3) is 0 Å². The zero-order valence-electron chi connectivity index (χ0n) is 12.9. The molecule has 1 aliphatic rings. The third-order valence-electron chi connectivity index (χ3n) is 3.14. The van der Waals surface area contributed by atoms with Crippen LogP contribution in [0.3, 0.4) is 0 Å². The largest absolute Gasteiger partial charge is 0.463 e. The smallest absolute Gasteiger partial charge is 0.323 e. The number of hydrogen-bond donors (Lipinski definition) is 2. The topological polar surface area (TPSA) is 81.2 Å². The van der Waals surface area contributed by atoms with E-state index in [1.807, 2.05) is 0 Å². The van der Waals surface area contributed by atoms with Gasteiger partial charge in [0.05, 0.1) is 6.61 Å². The van der Waals surface area contributed by atoms with Gasteiger partial charge < -0.3 is 20.1 Å². The molecule has 0 radical (unpaired) electrons. The molecule has 1 aromatic rings. The summed E-state index contributed by atoms with van der Waals surface area (Å²) in [5.74, 6) is 1.13. The van der Waals surface area contributed by atoms with Crippen molar-refractivity contribution in [3.05, 3.63) is 0 Å². The molecule has 0 bridgehead atoms. The molecule has 2 heterocycles. The second kappa shape index (κ2) is 8.61. The van der Waals surface area contributed by atoms with Crippen molar-refractivity contribution >= 4 is 11.9 Å². The average molecular weight is 295 g/mol. The van der Waals surface area contributed by atoms with Gasteiger partial charge >= 0.3 is 6.01 Å². The Balaban J connectivity index is 2.05. The maximum atomic E-state index is 5.54. The predicted molar refractivity (Wildman–Crippen MR) is 81.9 cm³/mol. The van der Waals surface area contributed by atoms with Crippen molar-refractivity contribution in [1.82, 2.24) is 15.0 Å². The molecule has 7 nitrogen and oxygen atoms in total. The van der Waals surface area contributed by atoms with Crippen LogP contribution in [-0.4, -0.2) is 47.4 Å². The summed E-state index contributed by atoms with van der Waals surface area (Å²) in [6.45, 7) is 7.15. The molecule has 1 fully saturated rings. The Labute approximate surface area is 125 Å². The van der Waals surface area contributed by atoms with Gasteiger partial charge in [-0.1, -0.05) is 13.8 Å². The molecule has 0 unspecified atom stereocenters. The lowest BCUT2D eigenvalue weighted by Gasteiger charge is -2.23. The first-order valence-corrected chi connectivity index (χ1v) is 7.78. The number of rotatable bonds is 8. The molecule has 1 aromatic heterocycles. The van der Waals surface area contributed by atoms with Crippen molar-refractivity contribution in [2.75, 3.05) is 37.0 Å². The molecule has 118 valence electrons. The minimum atomic E-state index is 0.346. The van der Waals surface area contributed by atoms with Gasteiger partial charge in [-0.15, -0.1) is 0 Å². The molecular formula is C14H25N5O2. The molecule has 21 heavy (non-hydrogen) atoms. The lowest BCUT2D eigenvalue weighted by molar-refractivity contribution is 0.0903. The van der Waals surface area contributed by atoms with Crippen molar-refractivity contribution in [2.45, 2.75) is 45.6 Å². The van der Waals surface area contributed by atoms with Crippen LogP contribution >= 0.6 is 0 Å². The van der Waals surface area contributed by atoms with Crippen molar-refractivity contribution in [3.8, 4) is 6.01 Å². The second-order valence-corrected chi connectivity index (χ2v) is 5.07. The highest BCUT2D eigenvalue weighted by Gasteiger charge is 2.16. The standard InChI is InChI=1S/C14H25N5O2/c1-3-7-15-12-17-13(16-11-5-9-20-10-6-11)19-14(18-12)21-8-4-2/h11H,3-10H2,1-2H3,(H2,15,16,17,18,19). The third-order valence-corrected chi connectivity index (χ3v) is 3.14. The van der Waals surface area contributed by atoms with Gasteiger partial charge in [0.1, 0.15) is 0 Å². The fourth-order valence-corrected chi connectivity index (χ4v) is 2.02. The molecule has 0 saturated carbocycles. The molecule has 2 N–H and O–H groups in total. The van der Waals surface area contributed by atoms with Gasteiger partial charge in [-0.2, -0.15) is 15.0 Å². The van der Waals surface area contributed by atoms with Crippen LogP contribution in [0.4, 0.5) is 11.9 Å². The van der Waals surface area contributed by atoms with Crippen LogP contribution in [0.1, 0.15) is 39.5 Å². The normalized spacial score (nSPS) is 15.7. The maximum Gasteiger partial charge on any atom is 0.323 e. The fraction of sp³-hybridized carbons (Fsp3) is 0.786. The van der Waals surface area contributed by atoms with Crippen molar-refractivity contribution in [3.63, 3.8) is 0 Å². The summed E-state index contributed by atoms with van der Waals surface area (Å²) in [6, 6.07) is 0.721. The van der Waals surface area contributed by atoms with Gasteiger partial charge in [-0.3, -0.25) is 0 Å². The first kappa shape index (κ1) is 15.8. The van der Waals surface area contributed by atoms with Gasteiger partial charge in [0.2, 0.25) is 11.9 Å². The Hall–Kier alpha value is -1.63. The van der Waals surface area contributed by atoms with E-state index in [0.717, 1.165) is 45.4 Å². The molecule has 7 heteroatoms. The van der Waals surface area contributed by atoms with E-state index < -0.39 is 0 Å². The highest BCUT2D eigenvalue weighted by molar-refractivity contribution is 5.36. The molecule has 0 aromatic carbocycles. The molecule has 0 aliphatic carbocycles. The zero-order valence-corrected chi connectivity index (χ0v) is 12.9. The summed E-state index contributed by atoms with van der Waals surface area (Å²) in [5, 5.41) is 6.53. The van der Waals surface area contributed by atoms with E-state index in [1.165, 1.54) is 0 Å². The van der Waals surface area contributed by atoms with Gasteiger partial charge in [-0.25, -0.2) is 0 Å². The number of nitrogens with one attached hydrogen (secondary N) is 2. The number of nitrogens with zero attached hydrogens (tertiary/aromatic N) is 3. The average Bonchev–Trinajstić information content (AvgIpc) is 2.52. The van der Waals surface area contributed by atoms with Crippen molar-refractivity contribution in [2.24, 2.45) is 0 Å². The van der Waals surface area contributed by atoms with E-state index in [9.17, 15) is 0 Å². The van der Waals surface area contributed by atoms with Crippen LogP contribution < -0.4 is 15.4 Å². The third kappa shape index (κ3) is 5.34. The summed E-state index contributed by atoms with van der Waals surface area (Å²) in [5.41, 5.74) is 0. The molecule has 2 rings (SSSR count). The Morgan fingerprint density at radius 3 is 2.57 bits per heavy atom. The van der Waals surface area contributed by atoms with E-state index >= 15 is 0 Å².